The summed E-state index contributed by atoms with van der Waals surface area (Å²) in [6.07, 6.45) is 1.85. The first-order valence-electron chi connectivity index (χ1n) is 9.09. The fourth-order valence-corrected chi connectivity index (χ4v) is 3.23. The number of pyridine rings is 1. The Balaban J connectivity index is 1.70. The Labute approximate surface area is 162 Å². The molecule has 0 spiro atoms. The molecule has 3 aromatic carbocycles. The molecule has 0 fully saturated rings. The number of fused-ring (bicyclic) bond motifs is 1. The van der Waals surface area contributed by atoms with Gasteiger partial charge in [0.2, 0.25) is 5.82 Å². The Morgan fingerprint density at radius 3 is 1.86 bits per heavy atom. The van der Waals surface area contributed by atoms with Gasteiger partial charge in [0.25, 0.3) is 0 Å². The van der Waals surface area contributed by atoms with Gasteiger partial charge in [0, 0.05) is 22.7 Å². The molecule has 4 heteroatoms. The van der Waals surface area contributed by atoms with Crippen LogP contribution in [0.4, 0.5) is 0 Å². The number of rotatable bonds is 3. The molecule has 0 radical (unpaired) electrons. The largest absolute Gasteiger partial charge is 0.252 e. The molecule has 5 aromatic rings. The van der Waals surface area contributed by atoms with Gasteiger partial charge in [0.05, 0.1) is 0 Å². The number of hydrogen-bond acceptors (Lipinski definition) is 4. The lowest BCUT2D eigenvalue weighted by Gasteiger charge is -2.09. The Morgan fingerprint density at radius 2 is 1.14 bits per heavy atom. The van der Waals surface area contributed by atoms with Gasteiger partial charge in [-0.15, -0.1) is 10.2 Å². The molecule has 5 rings (SSSR count). The monoisotopic (exact) mass is 360 g/mol. The Morgan fingerprint density at radius 1 is 0.536 bits per heavy atom. The lowest BCUT2D eigenvalue weighted by atomic mass is 10.0. The summed E-state index contributed by atoms with van der Waals surface area (Å²) >= 11 is 0. The van der Waals surface area contributed by atoms with Gasteiger partial charge in [0.15, 0.2) is 0 Å². The van der Waals surface area contributed by atoms with E-state index in [-0.39, 0.29) is 0 Å². The molecule has 2 aromatic heterocycles. The van der Waals surface area contributed by atoms with E-state index in [1.54, 1.807) is 0 Å². The second kappa shape index (κ2) is 7.00. The maximum Gasteiger partial charge on any atom is 0.201 e. The molecule has 2 heterocycles. The van der Waals surface area contributed by atoms with Crippen molar-refractivity contribution in [3.63, 3.8) is 0 Å². The van der Waals surface area contributed by atoms with Crippen LogP contribution in [0.15, 0.2) is 97.2 Å². The summed E-state index contributed by atoms with van der Waals surface area (Å²) in [5.74, 6) is 0.518. The second-order valence-electron chi connectivity index (χ2n) is 6.48. The van der Waals surface area contributed by atoms with Gasteiger partial charge in [-0.25, -0.2) is 4.98 Å². The minimum Gasteiger partial charge on any atom is -0.252 e. The average Bonchev–Trinajstić information content (AvgIpc) is 2.79. The molecular formula is C24H16N4. The third-order valence-electron chi connectivity index (χ3n) is 4.64. The quantitative estimate of drug-likeness (QED) is 0.431. The Hall–Kier alpha value is -3.92. The molecule has 0 N–H and O–H groups in total. The summed E-state index contributed by atoms with van der Waals surface area (Å²) in [5.41, 5.74) is 4.25. The van der Waals surface area contributed by atoms with E-state index in [2.05, 4.69) is 21.2 Å². The number of benzene rings is 3. The highest BCUT2D eigenvalue weighted by Gasteiger charge is 2.15. The van der Waals surface area contributed by atoms with Crippen molar-refractivity contribution in [3.8, 4) is 34.0 Å². The summed E-state index contributed by atoms with van der Waals surface area (Å²) < 4.78 is 0. The highest BCUT2D eigenvalue weighted by atomic mass is 15.2. The molecule has 0 bridgehead atoms. The predicted molar refractivity (Wildman–Crippen MR) is 111 cm³/mol. The third kappa shape index (κ3) is 3.01. The van der Waals surface area contributed by atoms with Crippen molar-refractivity contribution in [2.45, 2.75) is 0 Å². The molecule has 0 aliphatic heterocycles. The van der Waals surface area contributed by atoms with Crippen molar-refractivity contribution in [2.75, 3.05) is 0 Å². The van der Waals surface area contributed by atoms with Crippen molar-refractivity contribution >= 4 is 10.8 Å². The van der Waals surface area contributed by atoms with E-state index in [1.165, 1.54) is 0 Å². The third-order valence-corrected chi connectivity index (χ3v) is 4.64. The summed E-state index contributed by atoms with van der Waals surface area (Å²) in [5, 5.41) is 11.1. The molecule has 0 aliphatic carbocycles. The van der Waals surface area contributed by atoms with Crippen molar-refractivity contribution < 1.29 is 0 Å². The topological polar surface area (TPSA) is 51.6 Å². The SMILES string of the molecule is c1ccc(-c2nnc(-c3cc4ccccc4cn3)nc2-c2ccccc2)cc1. The van der Waals surface area contributed by atoms with Crippen LogP contribution in [0.25, 0.3) is 44.8 Å². The summed E-state index contributed by atoms with van der Waals surface area (Å²) in [6, 6.07) is 30.2. The van der Waals surface area contributed by atoms with Crippen LogP contribution >= 0.6 is 0 Å². The van der Waals surface area contributed by atoms with Crippen molar-refractivity contribution in [1.29, 1.82) is 0 Å². The van der Waals surface area contributed by atoms with Crippen LogP contribution in [-0.4, -0.2) is 20.2 Å². The molecule has 132 valence electrons. The molecule has 0 aliphatic rings. The standard InChI is InChI=1S/C24H16N4/c1-3-9-17(10-4-1)22-23(18-11-5-2-6-12-18)27-28-24(26-22)21-15-19-13-7-8-14-20(19)16-25-21/h1-16H. The highest BCUT2D eigenvalue weighted by Crippen LogP contribution is 2.30. The smallest absolute Gasteiger partial charge is 0.201 e. The van der Waals surface area contributed by atoms with Crippen molar-refractivity contribution in [2.24, 2.45) is 0 Å². The molecule has 0 amide bonds. The molecule has 0 unspecified atom stereocenters. The second-order valence-corrected chi connectivity index (χ2v) is 6.48. The van der Waals surface area contributed by atoms with Crippen LogP contribution in [0.1, 0.15) is 0 Å². The van der Waals surface area contributed by atoms with E-state index in [4.69, 9.17) is 4.98 Å². The lowest BCUT2D eigenvalue weighted by molar-refractivity contribution is 0.982. The van der Waals surface area contributed by atoms with Crippen LogP contribution in [-0.2, 0) is 0 Å². The first-order valence-corrected chi connectivity index (χ1v) is 9.09. The lowest BCUT2D eigenvalue weighted by Crippen LogP contribution is -2.01. The molecule has 0 saturated carbocycles. The van der Waals surface area contributed by atoms with Crippen LogP contribution < -0.4 is 0 Å². The normalized spacial score (nSPS) is 10.9. The molecule has 28 heavy (non-hydrogen) atoms. The van der Waals surface area contributed by atoms with E-state index in [9.17, 15) is 0 Å². The van der Waals surface area contributed by atoms with Gasteiger partial charge < -0.3 is 0 Å². The summed E-state index contributed by atoms with van der Waals surface area (Å²) in [7, 11) is 0. The maximum absolute atomic E-state index is 4.86. The van der Waals surface area contributed by atoms with Crippen LogP contribution in [0.5, 0.6) is 0 Å². The zero-order chi connectivity index (χ0) is 18.8. The Kier molecular flexibility index (Phi) is 4.07. The van der Waals surface area contributed by atoms with Gasteiger partial charge in [-0.2, -0.15) is 0 Å². The van der Waals surface area contributed by atoms with Crippen molar-refractivity contribution in [3.05, 3.63) is 97.2 Å². The van der Waals surface area contributed by atoms with Gasteiger partial charge in [0.1, 0.15) is 17.1 Å². The molecule has 0 atom stereocenters. The summed E-state index contributed by atoms with van der Waals surface area (Å²) in [4.78, 5) is 9.41. The summed E-state index contributed by atoms with van der Waals surface area (Å²) in [6.45, 7) is 0. The van der Waals surface area contributed by atoms with Gasteiger partial charge >= 0.3 is 0 Å². The van der Waals surface area contributed by atoms with Crippen LogP contribution in [0.3, 0.4) is 0 Å². The van der Waals surface area contributed by atoms with E-state index < -0.39 is 0 Å². The van der Waals surface area contributed by atoms with E-state index >= 15 is 0 Å². The fourth-order valence-electron chi connectivity index (χ4n) is 3.23. The number of aromatic nitrogens is 4. The van der Waals surface area contributed by atoms with Gasteiger partial charge in [-0.3, -0.25) is 4.98 Å². The minimum atomic E-state index is 0.518. The highest BCUT2D eigenvalue weighted by molar-refractivity contribution is 5.85. The van der Waals surface area contributed by atoms with Gasteiger partial charge in [-0.05, 0) is 11.5 Å². The zero-order valence-electron chi connectivity index (χ0n) is 15.0. The van der Waals surface area contributed by atoms with Crippen LogP contribution in [0, 0.1) is 0 Å². The van der Waals surface area contributed by atoms with E-state index in [1.807, 2.05) is 91.1 Å². The van der Waals surface area contributed by atoms with Crippen molar-refractivity contribution in [1.82, 2.24) is 20.2 Å². The Bertz CT molecular complexity index is 1250. The zero-order valence-corrected chi connectivity index (χ0v) is 15.0. The average molecular weight is 360 g/mol. The van der Waals surface area contributed by atoms with E-state index in [0.29, 0.717) is 11.5 Å². The first kappa shape index (κ1) is 16.3. The fraction of sp³-hybridized carbons (Fsp3) is 0. The number of nitrogens with zero attached hydrogens (tertiary/aromatic N) is 4. The molecule has 4 nitrogen and oxygen atoms in total. The minimum absolute atomic E-state index is 0.518. The van der Waals surface area contributed by atoms with Crippen LogP contribution in [0.2, 0.25) is 0 Å². The van der Waals surface area contributed by atoms with E-state index in [0.717, 1.165) is 33.3 Å². The first-order chi connectivity index (χ1) is 13.9. The maximum atomic E-state index is 4.86. The molecular weight excluding hydrogens is 344 g/mol. The van der Waals surface area contributed by atoms with Gasteiger partial charge in [-0.1, -0.05) is 84.9 Å². The predicted octanol–water partition coefficient (Wildman–Crippen LogP) is 5.42. The molecule has 0 saturated heterocycles. The number of hydrogen-bond donors (Lipinski definition) is 0.